The second-order valence-electron chi connectivity index (χ2n) is 3.17. The summed E-state index contributed by atoms with van der Waals surface area (Å²) >= 11 is 1.61. The van der Waals surface area contributed by atoms with E-state index in [4.69, 9.17) is 5.73 Å². The zero-order valence-corrected chi connectivity index (χ0v) is 9.80. The Morgan fingerprint density at radius 3 is 2.80 bits per heavy atom. The Balaban J connectivity index is 2.62. The standard InChI is InChI=1S/C11H16N2OS/c1-3-15-8(2)11(14)13-10-7-5-4-6-9(10)12/h4-8H,3,12H2,1-2H3,(H,13,14). The van der Waals surface area contributed by atoms with E-state index >= 15 is 0 Å². The fourth-order valence-corrected chi connectivity index (χ4v) is 1.88. The van der Waals surface area contributed by atoms with E-state index in [2.05, 4.69) is 5.32 Å². The van der Waals surface area contributed by atoms with Gasteiger partial charge in [-0.05, 0) is 24.8 Å². The molecule has 0 fully saturated rings. The van der Waals surface area contributed by atoms with Gasteiger partial charge in [0.15, 0.2) is 0 Å². The predicted molar refractivity (Wildman–Crippen MR) is 67.1 cm³/mol. The maximum absolute atomic E-state index is 11.7. The lowest BCUT2D eigenvalue weighted by atomic mass is 10.2. The van der Waals surface area contributed by atoms with Crippen LogP contribution in [0.3, 0.4) is 0 Å². The van der Waals surface area contributed by atoms with E-state index in [1.165, 1.54) is 0 Å². The van der Waals surface area contributed by atoms with Gasteiger partial charge in [-0.15, -0.1) is 11.8 Å². The smallest absolute Gasteiger partial charge is 0.237 e. The maximum atomic E-state index is 11.7. The Bertz CT molecular complexity index is 341. The second kappa shape index (κ2) is 5.66. The number of benzene rings is 1. The van der Waals surface area contributed by atoms with Gasteiger partial charge in [0.1, 0.15) is 0 Å². The third-order valence-electron chi connectivity index (χ3n) is 2.00. The van der Waals surface area contributed by atoms with Crippen LogP contribution in [-0.2, 0) is 4.79 Å². The first kappa shape index (κ1) is 11.9. The van der Waals surface area contributed by atoms with Gasteiger partial charge in [-0.25, -0.2) is 0 Å². The van der Waals surface area contributed by atoms with E-state index in [0.717, 1.165) is 5.75 Å². The molecule has 0 radical (unpaired) electrons. The molecule has 1 aromatic rings. The number of hydrogen-bond acceptors (Lipinski definition) is 3. The molecule has 1 rings (SSSR count). The minimum atomic E-state index is -0.0467. The number of nitrogen functional groups attached to an aromatic ring is 1. The number of hydrogen-bond donors (Lipinski definition) is 2. The monoisotopic (exact) mass is 224 g/mol. The molecule has 3 nitrogen and oxygen atoms in total. The molecule has 1 amide bonds. The molecular formula is C11H16N2OS. The van der Waals surface area contributed by atoms with Crippen molar-refractivity contribution in [2.45, 2.75) is 19.1 Å². The summed E-state index contributed by atoms with van der Waals surface area (Å²) in [4.78, 5) is 11.7. The number of thioether (sulfide) groups is 1. The molecule has 0 saturated carbocycles. The molecule has 15 heavy (non-hydrogen) atoms. The van der Waals surface area contributed by atoms with Gasteiger partial charge >= 0.3 is 0 Å². The Morgan fingerprint density at radius 1 is 1.53 bits per heavy atom. The molecule has 1 unspecified atom stereocenters. The van der Waals surface area contributed by atoms with E-state index in [-0.39, 0.29) is 11.2 Å². The highest BCUT2D eigenvalue weighted by Crippen LogP contribution is 2.19. The molecule has 0 bridgehead atoms. The lowest BCUT2D eigenvalue weighted by Gasteiger charge is -2.12. The van der Waals surface area contributed by atoms with Crippen molar-refractivity contribution in [1.82, 2.24) is 0 Å². The molecule has 1 atom stereocenters. The molecule has 0 aliphatic rings. The quantitative estimate of drug-likeness (QED) is 0.772. The average Bonchev–Trinajstić information content (AvgIpc) is 2.21. The Hall–Kier alpha value is -1.16. The fraction of sp³-hybridized carbons (Fsp3) is 0.364. The number of para-hydroxylation sites is 2. The molecule has 82 valence electrons. The van der Waals surface area contributed by atoms with Crippen molar-refractivity contribution < 1.29 is 4.79 Å². The Kier molecular flexibility index (Phi) is 4.49. The number of amides is 1. The van der Waals surface area contributed by atoms with Gasteiger partial charge in [0.25, 0.3) is 0 Å². The summed E-state index contributed by atoms with van der Waals surface area (Å²) < 4.78 is 0. The van der Waals surface area contributed by atoms with Crippen molar-refractivity contribution in [2.75, 3.05) is 16.8 Å². The van der Waals surface area contributed by atoms with Crippen LogP contribution in [0.15, 0.2) is 24.3 Å². The minimum Gasteiger partial charge on any atom is -0.397 e. The molecule has 4 heteroatoms. The van der Waals surface area contributed by atoms with Gasteiger partial charge in [-0.1, -0.05) is 19.1 Å². The predicted octanol–water partition coefficient (Wildman–Crippen LogP) is 2.35. The molecule has 0 saturated heterocycles. The number of carbonyl (C=O) groups excluding carboxylic acids is 1. The lowest BCUT2D eigenvalue weighted by molar-refractivity contribution is -0.115. The van der Waals surface area contributed by atoms with Crippen LogP contribution in [0.5, 0.6) is 0 Å². The molecule has 3 N–H and O–H groups in total. The summed E-state index contributed by atoms with van der Waals surface area (Å²) in [5.41, 5.74) is 7.00. The van der Waals surface area contributed by atoms with Gasteiger partial charge in [-0.3, -0.25) is 4.79 Å². The summed E-state index contributed by atoms with van der Waals surface area (Å²) in [6.07, 6.45) is 0. The highest BCUT2D eigenvalue weighted by molar-refractivity contribution is 8.00. The van der Waals surface area contributed by atoms with Crippen molar-refractivity contribution in [3.8, 4) is 0 Å². The fourth-order valence-electron chi connectivity index (χ4n) is 1.17. The second-order valence-corrected chi connectivity index (χ2v) is 4.79. The molecule has 1 aromatic carbocycles. The summed E-state index contributed by atoms with van der Waals surface area (Å²) in [7, 11) is 0. The first-order chi connectivity index (χ1) is 7.15. The lowest BCUT2D eigenvalue weighted by Crippen LogP contribution is -2.23. The van der Waals surface area contributed by atoms with Crippen LogP contribution >= 0.6 is 11.8 Å². The van der Waals surface area contributed by atoms with Crippen LogP contribution in [0.25, 0.3) is 0 Å². The van der Waals surface area contributed by atoms with Gasteiger partial charge < -0.3 is 11.1 Å². The van der Waals surface area contributed by atoms with E-state index in [9.17, 15) is 4.79 Å². The van der Waals surface area contributed by atoms with Crippen LogP contribution in [-0.4, -0.2) is 16.9 Å². The Morgan fingerprint density at radius 2 is 2.20 bits per heavy atom. The van der Waals surface area contributed by atoms with Crippen molar-refractivity contribution >= 4 is 29.0 Å². The number of carbonyl (C=O) groups is 1. The van der Waals surface area contributed by atoms with E-state index in [1.807, 2.05) is 26.0 Å². The summed E-state index contributed by atoms with van der Waals surface area (Å²) in [5, 5.41) is 2.76. The van der Waals surface area contributed by atoms with E-state index in [1.54, 1.807) is 23.9 Å². The van der Waals surface area contributed by atoms with Crippen molar-refractivity contribution in [3.05, 3.63) is 24.3 Å². The highest BCUT2D eigenvalue weighted by atomic mass is 32.2. The number of anilines is 2. The van der Waals surface area contributed by atoms with Gasteiger partial charge in [0.2, 0.25) is 5.91 Å². The third kappa shape index (κ3) is 3.47. The van der Waals surface area contributed by atoms with E-state index < -0.39 is 0 Å². The molecule has 0 aromatic heterocycles. The first-order valence-electron chi connectivity index (χ1n) is 4.92. The van der Waals surface area contributed by atoms with Crippen LogP contribution in [0.4, 0.5) is 11.4 Å². The molecule has 0 spiro atoms. The van der Waals surface area contributed by atoms with Gasteiger partial charge in [0, 0.05) is 0 Å². The Labute approximate surface area is 94.4 Å². The van der Waals surface area contributed by atoms with Crippen molar-refractivity contribution in [1.29, 1.82) is 0 Å². The SMILES string of the molecule is CCSC(C)C(=O)Nc1ccccc1N. The normalized spacial score (nSPS) is 12.1. The largest absolute Gasteiger partial charge is 0.397 e. The van der Waals surface area contributed by atoms with Crippen LogP contribution in [0.2, 0.25) is 0 Å². The van der Waals surface area contributed by atoms with Crippen LogP contribution < -0.4 is 11.1 Å². The van der Waals surface area contributed by atoms with Crippen molar-refractivity contribution in [2.24, 2.45) is 0 Å². The zero-order valence-electron chi connectivity index (χ0n) is 8.99. The maximum Gasteiger partial charge on any atom is 0.237 e. The van der Waals surface area contributed by atoms with Gasteiger partial charge in [-0.2, -0.15) is 0 Å². The number of rotatable bonds is 4. The number of nitrogens with two attached hydrogens (primary N) is 1. The van der Waals surface area contributed by atoms with Crippen molar-refractivity contribution in [3.63, 3.8) is 0 Å². The summed E-state index contributed by atoms with van der Waals surface area (Å²) in [6, 6.07) is 7.27. The minimum absolute atomic E-state index is 0.000231. The molecular weight excluding hydrogens is 208 g/mol. The first-order valence-corrected chi connectivity index (χ1v) is 5.97. The van der Waals surface area contributed by atoms with Crippen LogP contribution in [0, 0.1) is 0 Å². The highest BCUT2D eigenvalue weighted by Gasteiger charge is 2.12. The molecule has 0 aliphatic carbocycles. The summed E-state index contributed by atoms with van der Waals surface area (Å²) in [6.45, 7) is 3.92. The topological polar surface area (TPSA) is 55.1 Å². The molecule has 0 aliphatic heterocycles. The third-order valence-corrected chi connectivity index (χ3v) is 3.05. The van der Waals surface area contributed by atoms with E-state index in [0.29, 0.717) is 11.4 Å². The average molecular weight is 224 g/mol. The number of nitrogens with one attached hydrogen (secondary N) is 1. The van der Waals surface area contributed by atoms with Crippen LogP contribution in [0.1, 0.15) is 13.8 Å². The summed E-state index contributed by atoms with van der Waals surface area (Å²) in [5.74, 6) is 0.929. The zero-order chi connectivity index (χ0) is 11.3. The molecule has 0 heterocycles. The van der Waals surface area contributed by atoms with Gasteiger partial charge in [0.05, 0.1) is 16.6 Å².